The summed E-state index contributed by atoms with van der Waals surface area (Å²) in [6.07, 6.45) is 1.68. The van der Waals surface area contributed by atoms with Crippen molar-refractivity contribution in [1.82, 2.24) is 9.80 Å². The fourth-order valence-corrected chi connectivity index (χ4v) is 3.96. The van der Waals surface area contributed by atoms with E-state index < -0.39 is 0 Å². The second kappa shape index (κ2) is 8.61. The van der Waals surface area contributed by atoms with Gasteiger partial charge in [-0.25, -0.2) is 0 Å². The molecular formula is C22H25N3O5. The van der Waals surface area contributed by atoms with E-state index in [1.807, 2.05) is 31.2 Å². The van der Waals surface area contributed by atoms with Crippen molar-refractivity contribution in [3.8, 4) is 5.75 Å². The average molecular weight is 411 g/mol. The van der Waals surface area contributed by atoms with Crippen LogP contribution >= 0.6 is 0 Å². The van der Waals surface area contributed by atoms with E-state index in [1.54, 1.807) is 26.8 Å². The number of ether oxygens (including phenoxy) is 1. The SMILES string of the molecule is CCOc1ccc(N2C[C@H](C(=O)N3CCN(C(=O)c4ccco4)CC3)CC2=O)cc1. The normalized spacial score (nSPS) is 19.3. The van der Waals surface area contributed by atoms with Gasteiger partial charge < -0.3 is 23.9 Å². The summed E-state index contributed by atoms with van der Waals surface area (Å²) in [7, 11) is 0. The Labute approximate surface area is 175 Å². The molecule has 1 aromatic carbocycles. The molecule has 0 bridgehead atoms. The van der Waals surface area contributed by atoms with Crippen LogP contribution in [0.25, 0.3) is 0 Å². The van der Waals surface area contributed by atoms with Crippen molar-refractivity contribution in [1.29, 1.82) is 0 Å². The van der Waals surface area contributed by atoms with Crippen LogP contribution in [0.4, 0.5) is 5.69 Å². The Bertz CT molecular complexity index is 901. The zero-order valence-corrected chi connectivity index (χ0v) is 17.0. The summed E-state index contributed by atoms with van der Waals surface area (Å²) in [6.45, 7) is 4.69. The van der Waals surface area contributed by atoms with E-state index in [2.05, 4.69) is 0 Å². The van der Waals surface area contributed by atoms with Gasteiger partial charge in [0.25, 0.3) is 5.91 Å². The molecule has 0 spiro atoms. The van der Waals surface area contributed by atoms with Crippen molar-refractivity contribution in [3.63, 3.8) is 0 Å². The lowest BCUT2D eigenvalue weighted by Crippen LogP contribution is -2.52. The number of anilines is 1. The lowest BCUT2D eigenvalue weighted by atomic mass is 10.1. The molecule has 2 saturated heterocycles. The Hall–Kier alpha value is -3.29. The maximum absolute atomic E-state index is 13.0. The van der Waals surface area contributed by atoms with Crippen LogP contribution in [0, 0.1) is 5.92 Å². The molecule has 3 amide bonds. The lowest BCUT2D eigenvalue weighted by Gasteiger charge is -2.35. The van der Waals surface area contributed by atoms with Crippen LogP contribution < -0.4 is 9.64 Å². The van der Waals surface area contributed by atoms with Crippen LogP contribution in [0.2, 0.25) is 0 Å². The molecule has 2 aliphatic rings. The number of benzene rings is 1. The summed E-state index contributed by atoms with van der Waals surface area (Å²) in [5.74, 6) is 0.455. The van der Waals surface area contributed by atoms with Gasteiger partial charge in [0, 0.05) is 44.8 Å². The Balaban J connectivity index is 1.33. The summed E-state index contributed by atoms with van der Waals surface area (Å²) in [4.78, 5) is 43.0. The highest BCUT2D eigenvalue weighted by molar-refractivity contribution is 6.00. The molecule has 4 rings (SSSR count). The van der Waals surface area contributed by atoms with Crippen molar-refractivity contribution in [2.75, 3.05) is 44.2 Å². The topological polar surface area (TPSA) is 83.3 Å². The summed E-state index contributed by atoms with van der Waals surface area (Å²) in [6, 6.07) is 10.7. The summed E-state index contributed by atoms with van der Waals surface area (Å²) < 4.78 is 10.6. The summed E-state index contributed by atoms with van der Waals surface area (Å²) >= 11 is 0. The van der Waals surface area contributed by atoms with Gasteiger partial charge in [-0.3, -0.25) is 14.4 Å². The Morgan fingerprint density at radius 3 is 2.40 bits per heavy atom. The predicted molar refractivity (Wildman–Crippen MR) is 109 cm³/mol. The van der Waals surface area contributed by atoms with E-state index in [0.717, 1.165) is 11.4 Å². The number of carbonyl (C=O) groups is 3. The molecule has 2 aliphatic heterocycles. The Morgan fingerprint density at radius 2 is 1.77 bits per heavy atom. The van der Waals surface area contributed by atoms with E-state index in [4.69, 9.17) is 9.15 Å². The smallest absolute Gasteiger partial charge is 0.289 e. The molecular weight excluding hydrogens is 386 g/mol. The Morgan fingerprint density at radius 1 is 1.07 bits per heavy atom. The van der Waals surface area contributed by atoms with Gasteiger partial charge in [-0.05, 0) is 43.3 Å². The first kappa shape index (κ1) is 20.0. The first-order valence-electron chi connectivity index (χ1n) is 10.2. The van der Waals surface area contributed by atoms with E-state index in [1.165, 1.54) is 6.26 Å². The number of hydrogen-bond acceptors (Lipinski definition) is 5. The molecule has 3 heterocycles. The van der Waals surface area contributed by atoms with Crippen molar-refractivity contribution in [2.24, 2.45) is 5.92 Å². The molecule has 2 aromatic rings. The number of rotatable bonds is 5. The van der Waals surface area contributed by atoms with Gasteiger partial charge in [0.1, 0.15) is 5.75 Å². The first-order valence-corrected chi connectivity index (χ1v) is 10.2. The van der Waals surface area contributed by atoms with Gasteiger partial charge in [-0.2, -0.15) is 0 Å². The van der Waals surface area contributed by atoms with Gasteiger partial charge in [0.05, 0.1) is 18.8 Å². The molecule has 8 heteroatoms. The monoisotopic (exact) mass is 411 g/mol. The zero-order chi connectivity index (χ0) is 21.1. The highest BCUT2D eigenvalue weighted by Gasteiger charge is 2.38. The molecule has 0 saturated carbocycles. The van der Waals surface area contributed by atoms with Gasteiger partial charge >= 0.3 is 0 Å². The first-order chi connectivity index (χ1) is 14.6. The van der Waals surface area contributed by atoms with Gasteiger partial charge in [0.15, 0.2) is 5.76 Å². The van der Waals surface area contributed by atoms with Crippen LogP contribution in [0.5, 0.6) is 5.75 Å². The van der Waals surface area contributed by atoms with E-state index in [9.17, 15) is 14.4 Å². The van der Waals surface area contributed by atoms with Crippen LogP contribution in [-0.2, 0) is 9.59 Å². The number of furan rings is 1. The minimum absolute atomic E-state index is 0.0260. The van der Waals surface area contributed by atoms with Crippen molar-refractivity contribution in [2.45, 2.75) is 13.3 Å². The standard InChI is InChI=1S/C22H25N3O5/c1-2-29-18-7-5-17(6-8-18)25-15-16(14-20(25)26)21(27)23-9-11-24(12-10-23)22(28)19-4-3-13-30-19/h3-8,13,16H,2,9-12,14-15H2,1H3/t16-/m1/s1. The maximum atomic E-state index is 13.0. The molecule has 30 heavy (non-hydrogen) atoms. The van der Waals surface area contributed by atoms with Crippen LogP contribution in [0.1, 0.15) is 23.9 Å². The van der Waals surface area contributed by atoms with Crippen LogP contribution in [0.3, 0.4) is 0 Å². The third kappa shape index (κ3) is 4.03. The largest absolute Gasteiger partial charge is 0.494 e. The molecule has 0 aliphatic carbocycles. The molecule has 0 unspecified atom stereocenters. The van der Waals surface area contributed by atoms with Crippen LogP contribution in [-0.4, -0.2) is 66.9 Å². The number of piperazine rings is 1. The highest BCUT2D eigenvalue weighted by Crippen LogP contribution is 2.28. The highest BCUT2D eigenvalue weighted by atomic mass is 16.5. The lowest BCUT2D eigenvalue weighted by molar-refractivity contribution is -0.137. The quantitative estimate of drug-likeness (QED) is 0.752. The molecule has 1 aromatic heterocycles. The number of nitrogens with zero attached hydrogens (tertiary/aromatic N) is 3. The number of carbonyl (C=O) groups excluding carboxylic acids is 3. The third-order valence-electron chi connectivity index (χ3n) is 5.54. The number of hydrogen-bond donors (Lipinski definition) is 0. The van der Waals surface area contributed by atoms with Gasteiger partial charge in [0.2, 0.25) is 11.8 Å². The Kier molecular flexibility index (Phi) is 5.74. The van der Waals surface area contributed by atoms with E-state index >= 15 is 0 Å². The van der Waals surface area contributed by atoms with Crippen LogP contribution in [0.15, 0.2) is 47.1 Å². The molecule has 2 fully saturated rings. The number of amides is 3. The van der Waals surface area contributed by atoms with Crippen molar-refractivity contribution >= 4 is 23.4 Å². The van der Waals surface area contributed by atoms with Gasteiger partial charge in [-0.15, -0.1) is 0 Å². The van der Waals surface area contributed by atoms with Crippen molar-refractivity contribution in [3.05, 3.63) is 48.4 Å². The summed E-state index contributed by atoms with van der Waals surface area (Å²) in [5, 5.41) is 0. The third-order valence-corrected chi connectivity index (χ3v) is 5.54. The predicted octanol–water partition coefficient (Wildman–Crippen LogP) is 2.02. The van der Waals surface area contributed by atoms with E-state index in [0.29, 0.717) is 45.1 Å². The maximum Gasteiger partial charge on any atom is 0.289 e. The fourth-order valence-electron chi connectivity index (χ4n) is 3.96. The van der Waals surface area contributed by atoms with Crippen molar-refractivity contribution < 1.29 is 23.5 Å². The molecule has 8 nitrogen and oxygen atoms in total. The average Bonchev–Trinajstić information content (AvgIpc) is 3.44. The van der Waals surface area contributed by atoms with Gasteiger partial charge in [-0.1, -0.05) is 0 Å². The summed E-state index contributed by atoms with van der Waals surface area (Å²) in [5.41, 5.74) is 0.771. The molecule has 158 valence electrons. The van der Waals surface area contributed by atoms with E-state index in [-0.39, 0.29) is 30.1 Å². The molecule has 1 atom stereocenters. The minimum atomic E-state index is -0.364. The zero-order valence-electron chi connectivity index (χ0n) is 17.0. The minimum Gasteiger partial charge on any atom is -0.494 e. The second-order valence-corrected chi connectivity index (χ2v) is 7.43. The molecule has 0 N–H and O–H groups in total. The second-order valence-electron chi connectivity index (χ2n) is 7.43. The fraction of sp³-hybridized carbons (Fsp3) is 0.409. The molecule has 0 radical (unpaired) electrons.